The van der Waals surface area contributed by atoms with Crippen LogP contribution < -0.4 is 4.90 Å². The number of aromatic amines is 1. The summed E-state index contributed by atoms with van der Waals surface area (Å²) in [5.74, 6) is 0.831. The first-order valence-electron chi connectivity index (χ1n) is 10.6. The lowest BCUT2D eigenvalue weighted by Crippen LogP contribution is -2.49. The first-order chi connectivity index (χ1) is 16.1. The summed E-state index contributed by atoms with van der Waals surface area (Å²) in [7, 11) is 0. The number of halogens is 1. The molecule has 0 aliphatic carbocycles. The molecule has 0 radical (unpaired) electrons. The number of anilines is 1. The van der Waals surface area contributed by atoms with Gasteiger partial charge in [-0.2, -0.15) is 5.10 Å². The number of piperazine rings is 1. The molecule has 0 atom stereocenters. The summed E-state index contributed by atoms with van der Waals surface area (Å²) in [6, 6.07) is 11.4. The Labute approximate surface area is 197 Å². The van der Waals surface area contributed by atoms with Gasteiger partial charge in [-0.1, -0.05) is 23.7 Å². The minimum absolute atomic E-state index is 0.0611. The van der Waals surface area contributed by atoms with Crippen LogP contribution >= 0.6 is 22.9 Å². The fourth-order valence-electron chi connectivity index (χ4n) is 4.11. The SMILES string of the molecule is O=C(Cc1cn2nc(Cl)ccc2n1)N1CCN(c2scnc2-c2nc3ccccc3[nH]2)CC1. The van der Waals surface area contributed by atoms with Crippen LogP contribution in [0.3, 0.4) is 0 Å². The molecule has 5 heterocycles. The second-order valence-electron chi connectivity index (χ2n) is 7.84. The zero-order valence-electron chi connectivity index (χ0n) is 17.5. The minimum atomic E-state index is 0.0611. The van der Waals surface area contributed by atoms with Crippen LogP contribution in [0.5, 0.6) is 0 Å². The first kappa shape index (κ1) is 20.1. The summed E-state index contributed by atoms with van der Waals surface area (Å²) in [5, 5.41) is 5.64. The van der Waals surface area contributed by atoms with Crippen molar-refractivity contribution in [2.24, 2.45) is 0 Å². The van der Waals surface area contributed by atoms with Crippen molar-refractivity contribution in [1.82, 2.24) is 34.4 Å². The van der Waals surface area contributed by atoms with Crippen LogP contribution in [0.4, 0.5) is 5.00 Å². The van der Waals surface area contributed by atoms with Crippen LogP contribution in [0.1, 0.15) is 5.69 Å². The Balaban J connectivity index is 1.13. The molecule has 0 saturated carbocycles. The van der Waals surface area contributed by atoms with Gasteiger partial charge in [0.2, 0.25) is 5.91 Å². The lowest BCUT2D eigenvalue weighted by atomic mass is 10.2. The molecule has 1 aliphatic heterocycles. The lowest BCUT2D eigenvalue weighted by Gasteiger charge is -2.35. The molecule has 1 fully saturated rings. The van der Waals surface area contributed by atoms with Gasteiger partial charge in [-0.25, -0.2) is 19.5 Å². The van der Waals surface area contributed by atoms with Crippen molar-refractivity contribution < 1.29 is 4.79 Å². The number of para-hydroxylation sites is 2. The summed E-state index contributed by atoms with van der Waals surface area (Å²) >= 11 is 7.53. The number of thiazole rings is 1. The van der Waals surface area contributed by atoms with Gasteiger partial charge in [0.15, 0.2) is 11.5 Å². The second-order valence-corrected chi connectivity index (χ2v) is 9.06. The van der Waals surface area contributed by atoms with Crippen molar-refractivity contribution in [3.63, 3.8) is 0 Å². The highest BCUT2D eigenvalue weighted by Gasteiger charge is 2.25. The number of carbonyl (C=O) groups is 1. The van der Waals surface area contributed by atoms with Gasteiger partial charge in [-0.3, -0.25) is 4.79 Å². The zero-order valence-corrected chi connectivity index (χ0v) is 19.1. The number of rotatable bonds is 4. The predicted molar refractivity (Wildman–Crippen MR) is 128 cm³/mol. The number of aromatic nitrogens is 6. The molecule has 33 heavy (non-hydrogen) atoms. The Kier molecular flexibility index (Phi) is 4.96. The third-order valence-electron chi connectivity index (χ3n) is 5.75. The molecule has 1 N–H and O–H groups in total. The van der Waals surface area contributed by atoms with Gasteiger partial charge in [0.25, 0.3) is 0 Å². The van der Waals surface area contributed by atoms with Gasteiger partial charge in [-0.15, -0.1) is 11.3 Å². The molecule has 4 aromatic heterocycles. The van der Waals surface area contributed by atoms with E-state index in [1.54, 1.807) is 34.2 Å². The molecule has 166 valence electrons. The van der Waals surface area contributed by atoms with Crippen molar-refractivity contribution in [1.29, 1.82) is 0 Å². The Morgan fingerprint density at radius 3 is 2.79 bits per heavy atom. The van der Waals surface area contributed by atoms with E-state index in [2.05, 4.69) is 25.0 Å². The number of amides is 1. The summed E-state index contributed by atoms with van der Waals surface area (Å²) in [6.07, 6.45) is 2.00. The van der Waals surface area contributed by atoms with E-state index in [0.29, 0.717) is 29.6 Å². The van der Waals surface area contributed by atoms with Crippen molar-refractivity contribution in [3.05, 3.63) is 59.0 Å². The third kappa shape index (κ3) is 3.81. The number of fused-ring (bicyclic) bond motifs is 2. The van der Waals surface area contributed by atoms with Crippen LogP contribution in [-0.2, 0) is 11.2 Å². The maximum atomic E-state index is 12.9. The van der Waals surface area contributed by atoms with E-state index in [9.17, 15) is 4.79 Å². The van der Waals surface area contributed by atoms with Crippen LogP contribution in [0.15, 0.2) is 48.1 Å². The average molecular weight is 479 g/mol. The Morgan fingerprint density at radius 1 is 1.09 bits per heavy atom. The normalized spacial score (nSPS) is 14.5. The molecular formula is C22H19ClN8OS. The summed E-state index contributed by atoms with van der Waals surface area (Å²) < 4.78 is 1.60. The molecule has 0 bridgehead atoms. The van der Waals surface area contributed by atoms with Gasteiger partial charge in [0, 0.05) is 26.2 Å². The predicted octanol–water partition coefficient (Wildman–Crippen LogP) is 3.27. The van der Waals surface area contributed by atoms with Crippen LogP contribution in [0.2, 0.25) is 5.15 Å². The summed E-state index contributed by atoms with van der Waals surface area (Å²) in [4.78, 5) is 34.2. The van der Waals surface area contributed by atoms with Crippen molar-refractivity contribution in [3.8, 4) is 11.5 Å². The molecule has 0 unspecified atom stereocenters. The highest BCUT2D eigenvalue weighted by Crippen LogP contribution is 2.33. The molecule has 1 aromatic carbocycles. The van der Waals surface area contributed by atoms with Crippen LogP contribution in [0, 0.1) is 0 Å². The molecule has 6 rings (SSSR count). The Morgan fingerprint density at radius 2 is 1.94 bits per heavy atom. The van der Waals surface area contributed by atoms with E-state index in [1.807, 2.05) is 34.7 Å². The van der Waals surface area contributed by atoms with Crippen molar-refractivity contribution in [2.45, 2.75) is 6.42 Å². The highest BCUT2D eigenvalue weighted by atomic mass is 35.5. The number of carbonyl (C=O) groups excluding carboxylic acids is 1. The molecule has 1 saturated heterocycles. The van der Waals surface area contributed by atoms with Crippen LogP contribution in [0.25, 0.3) is 28.2 Å². The molecular weight excluding hydrogens is 460 g/mol. The zero-order chi connectivity index (χ0) is 22.4. The third-order valence-corrected chi connectivity index (χ3v) is 6.84. The van der Waals surface area contributed by atoms with E-state index in [4.69, 9.17) is 16.6 Å². The number of hydrogen-bond acceptors (Lipinski definition) is 7. The maximum Gasteiger partial charge on any atom is 0.228 e. The number of imidazole rings is 2. The lowest BCUT2D eigenvalue weighted by molar-refractivity contribution is -0.130. The van der Waals surface area contributed by atoms with Gasteiger partial charge in [0.05, 0.1) is 34.9 Å². The molecule has 5 aromatic rings. The molecule has 11 heteroatoms. The van der Waals surface area contributed by atoms with Crippen LogP contribution in [-0.4, -0.2) is 66.5 Å². The largest absolute Gasteiger partial charge is 0.358 e. The topological polar surface area (TPSA) is 95.3 Å². The number of nitrogens with one attached hydrogen (secondary N) is 1. The van der Waals surface area contributed by atoms with Gasteiger partial charge < -0.3 is 14.8 Å². The molecule has 0 spiro atoms. The monoisotopic (exact) mass is 478 g/mol. The first-order valence-corrected chi connectivity index (χ1v) is 11.8. The maximum absolute atomic E-state index is 12.9. The smallest absolute Gasteiger partial charge is 0.228 e. The van der Waals surface area contributed by atoms with E-state index < -0.39 is 0 Å². The highest BCUT2D eigenvalue weighted by molar-refractivity contribution is 7.14. The summed E-state index contributed by atoms with van der Waals surface area (Å²) in [5.41, 5.74) is 5.98. The fourth-order valence-corrected chi connectivity index (χ4v) is 5.11. The standard InChI is InChI=1S/C22H19ClN8OS/c23-17-5-6-18-25-14(12-31(18)28-17)11-19(32)29-7-9-30(10-8-29)22-20(24-13-33-22)21-26-15-3-1-2-4-16(15)27-21/h1-6,12-13H,7-11H2,(H,26,27). The number of hydrogen-bond donors (Lipinski definition) is 1. The van der Waals surface area contributed by atoms with Crippen molar-refractivity contribution in [2.75, 3.05) is 31.1 Å². The number of nitrogens with zero attached hydrogens (tertiary/aromatic N) is 7. The van der Waals surface area contributed by atoms with Crippen molar-refractivity contribution >= 4 is 50.5 Å². The molecule has 9 nitrogen and oxygen atoms in total. The summed E-state index contributed by atoms with van der Waals surface area (Å²) in [6.45, 7) is 2.77. The average Bonchev–Trinajstić information content (AvgIpc) is 3.56. The van der Waals surface area contributed by atoms with E-state index >= 15 is 0 Å². The number of H-pyrrole nitrogens is 1. The van der Waals surface area contributed by atoms with E-state index in [0.717, 1.165) is 40.6 Å². The van der Waals surface area contributed by atoms with Gasteiger partial charge in [-0.05, 0) is 24.3 Å². The van der Waals surface area contributed by atoms with Gasteiger partial charge in [0.1, 0.15) is 15.8 Å². The van der Waals surface area contributed by atoms with Gasteiger partial charge >= 0.3 is 0 Å². The molecule has 1 aliphatic rings. The Hall–Kier alpha value is -3.50. The minimum Gasteiger partial charge on any atom is -0.358 e. The van der Waals surface area contributed by atoms with E-state index in [1.165, 1.54) is 0 Å². The fraction of sp³-hybridized carbons (Fsp3) is 0.227. The van der Waals surface area contributed by atoms with E-state index in [-0.39, 0.29) is 12.3 Å². The second kappa shape index (κ2) is 8.13. The Bertz CT molecular complexity index is 1430. The molecule has 1 amide bonds. The number of benzene rings is 1. The quantitative estimate of drug-likeness (QED) is 0.426.